The van der Waals surface area contributed by atoms with E-state index in [2.05, 4.69) is 35.0 Å². The van der Waals surface area contributed by atoms with Gasteiger partial charge in [-0.1, -0.05) is 0 Å². The van der Waals surface area contributed by atoms with Gasteiger partial charge in [-0.3, -0.25) is 4.79 Å². The summed E-state index contributed by atoms with van der Waals surface area (Å²) in [6.45, 7) is -0.274. The van der Waals surface area contributed by atoms with Crippen LogP contribution in [0.15, 0.2) is 30.3 Å². The Balaban J connectivity index is 0.000000745. The zero-order valence-corrected chi connectivity index (χ0v) is 13.4. The van der Waals surface area contributed by atoms with Crippen molar-refractivity contribution in [3.8, 4) is 22.6 Å². The largest absolute Gasteiger partial charge is 0.508 e. The van der Waals surface area contributed by atoms with Crippen molar-refractivity contribution in [2.75, 3.05) is 7.11 Å². The van der Waals surface area contributed by atoms with Gasteiger partial charge in [0.2, 0.25) is 0 Å². The number of phenols is 1. The van der Waals surface area contributed by atoms with Gasteiger partial charge in [0.25, 0.3) is 0 Å². The Morgan fingerprint density at radius 2 is 1.95 bits per heavy atom. The number of nitrogens with zero attached hydrogens (tertiary/aromatic N) is 1. The van der Waals surface area contributed by atoms with Crippen LogP contribution < -0.4 is 4.18 Å². The van der Waals surface area contributed by atoms with Crippen molar-refractivity contribution < 1.29 is 23.4 Å². The van der Waals surface area contributed by atoms with E-state index in [4.69, 9.17) is 9.29 Å². The lowest BCUT2D eigenvalue weighted by Crippen LogP contribution is -1.96. The quantitative estimate of drug-likeness (QED) is 0.388. The second kappa shape index (κ2) is 9.31. The zero-order valence-electron chi connectivity index (χ0n) is 11.6. The van der Waals surface area contributed by atoms with Crippen LogP contribution in [0.25, 0.3) is 11.1 Å². The van der Waals surface area contributed by atoms with Gasteiger partial charge in [0.05, 0.1) is 12.3 Å². The van der Waals surface area contributed by atoms with Gasteiger partial charge in [-0.25, -0.2) is 4.98 Å². The molecule has 0 aliphatic carbocycles. The van der Waals surface area contributed by atoms with E-state index in [1.54, 1.807) is 18.2 Å². The van der Waals surface area contributed by atoms with Crippen LogP contribution in [0.1, 0.15) is 16.2 Å². The van der Waals surface area contributed by atoms with Crippen molar-refractivity contribution in [1.29, 1.82) is 0 Å². The number of phenolic OH excluding ortho intramolecular Hbond substituents is 1. The van der Waals surface area contributed by atoms with Crippen LogP contribution in [0.2, 0.25) is 0 Å². The first-order valence-corrected chi connectivity index (χ1v) is 6.72. The van der Waals surface area contributed by atoms with Crippen molar-refractivity contribution >= 4 is 32.1 Å². The number of aliphatic hydroxyl groups excluding tert-OH is 1. The lowest BCUT2D eigenvalue weighted by atomic mass is 10.0. The first-order valence-electron chi connectivity index (χ1n) is 5.99. The maximum Gasteiger partial charge on any atom is 0.168 e. The van der Waals surface area contributed by atoms with Gasteiger partial charge in [0.1, 0.15) is 17.2 Å². The normalized spacial score (nSPS) is 9.64. The summed E-state index contributed by atoms with van der Waals surface area (Å²) in [7, 11) is 1.49. The predicted molar refractivity (Wildman–Crippen MR) is 88.3 cm³/mol. The highest BCUT2D eigenvalue weighted by Gasteiger charge is 2.10. The number of thiol groups is 2. The lowest BCUT2D eigenvalue weighted by Gasteiger charge is -2.09. The molecule has 2 aromatic rings. The van der Waals surface area contributed by atoms with E-state index in [9.17, 15) is 9.90 Å². The van der Waals surface area contributed by atoms with Gasteiger partial charge in [-0.15, -0.1) is 0 Å². The molecule has 0 unspecified atom stereocenters. The van der Waals surface area contributed by atoms with Crippen LogP contribution >= 0.6 is 25.8 Å². The summed E-state index contributed by atoms with van der Waals surface area (Å²) in [6.07, 6.45) is 0.601. The molecule has 118 valence electrons. The molecule has 0 atom stereocenters. The first kappa shape index (κ1) is 18.3. The molecular formula is C14H15NO5S2. The van der Waals surface area contributed by atoms with Gasteiger partial charge in [0, 0.05) is 31.6 Å². The second-order valence-electron chi connectivity index (χ2n) is 4.00. The molecule has 8 heteroatoms. The van der Waals surface area contributed by atoms with Gasteiger partial charge >= 0.3 is 0 Å². The molecule has 6 nitrogen and oxygen atoms in total. The number of aromatic hydroxyl groups is 1. The summed E-state index contributed by atoms with van der Waals surface area (Å²) in [5, 5.41) is 18.5. The molecule has 0 spiro atoms. The third-order valence-corrected chi connectivity index (χ3v) is 2.75. The number of aldehydes is 1. The second-order valence-corrected chi connectivity index (χ2v) is 4.55. The highest BCUT2D eigenvalue weighted by Crippen LogP contribution is 2.34. The fraction of sp³-hybridized carbons (Fsp3) is 0.143. The molecule has 0 radical (unpaired) electrons. The Hall–Kier alpha value is -1.74. The van der Waals surface area contributed by atoms with Crippen LogP contribution in [0.3, 0.4) is 0 Å². The standard InChI is InChI=1S/C13H11NO4S.CH4OS/c15-6-9-3-8(4-10(7-16)14-9)12-2-1-11(17)5-13(12)18-19;1-2-3/h1-6,16-17,19H,7H2;3H,1H3. The van der Waals surface area contributed by atoms with Gasteiger partial charge in [-0.2, -0.15) is 0 Å². The zero-order chi connectivity index (χ0) is 16.5. The average Bonchev–Trinajstić information content (AvgIpc) is 2.54. The van der Waals surface area contributed by atoms with E-state index >= 15 is 0 Å². The van der Waals surface area contributed by atoms with Crippen molar-refractivity contribution in [3.05, 3.63) is 41.7 Å². The number of benzene rings is 1. The molecule has 0 aliphatic heterocycles. The average molecular weight is 341 g/mol. The van der Waals surface area contributed by atoms with E-state index in [0.717, 1.165) is 0 Å². The fourth-order valence-electron chi connectivity index (χ4n) is 1.73. The van der Waals surface area contributed by atoms with Crippen molar-refractivity contribution in [2.24, 2.45) is 0 Å². The van der Waals surface area contributed by atoms with Gasteiger partial charge < -0.3 is 18.6 Å². The maximum atomic E-state index is 10.8. The third-order valence-electron chi connectivity index (χ3n) is 2.56. The number of aliphatic hydroxyl groups is 1. The molecule has 22 heavy (non-hydrogen) atoms. The van der Waals surface area contributed by atoms with Gasteiger partial charge in [-0.05, 0) is 42.7 Å². The SMILES string of the molecule is COS.O=Cc1cc(-c2ccc(O)cc2OS)cc(CO)n1. The van der Waals surface area contributed by atoms with E-state index in [-0.39, 0.29) is 18.1 Å². The van der Waals surface area contributed by atoms with E-state index in [1.807, 2.05) is 0 Å². The number of pyridine rings is 1. The number of aromatic nitrogens is 1. The number of carbonyl (C=O) groups excluding carboxylic acids is 1. The monoisotopic (exact) mass is 341 g/mol. The van der Waals surface area contributed by atoms with Crippen molar-refractivity contribution in [1.82, 2.24) is 4.98 Å². The minimum atomic E-state index is -0.274. The third kappa shape index (κ3) is 4.92. The Labute approximate surface area is 139 Å². The fourth-order valence-corrected chi connectivity index (χ4v) is 1.88. The molecule has 0 amide bonds. The van der Waals surface area contributed by atoms with Crippen molar-refractivity contribution in [3.63, 3.8) is 0 Å². The summed E-state index contributed by atoms with van der Waals surface area (Å²) in [6, 6.07) is 7.73. The minimum absolute atomic E-state index is 0.0415. The summed E-state index contributed by atoms with van der Waals surface area (Å²) in [5.74, 6) is 0.384. The highest BCUT2D eigenvalue weighted by atomic mass is 32.1. The van der Waals surface area contributed by atoms with E-state index in [0.29, 0.717) is 28.9 Å². The summed E-state index contributed by atoms with van der Waals surface area (Å²) < 4.78 is 8.84. The molecule has 1 aromatic heterocycles. The minimum Gasteiger partial charge on any atom is -0.508 e. The summed E-state index contributed by atoms with van der Waals surface area (Å²) in [4.78, 5) is 14.8. The Morgan fingerprint density at radius 3 is 2.50 bits per heavy atom. The van der Waals surface area contributed by atoms with E-state index < -0.39 is 0 Å². The maximum absolute atomic E-state index is 10.8. The van der Waals surface area contributed by atoms with Crippen LogP contribution in [0, 0.1) is 0 Å². The number of carbonyl (C=O) groups is 1. The Kier molecular flexibility index (Phi) is 7.75. The molecule has 0 bridgehead atoms. The first-order chi connectivity index (χ1) is 10.6. The predicted octanol–water partition coefficient (Wildman–Crippen LogP) is 2.46. The number of rotatable bonds is 4. The number of hydrogen-bond acceptors (Lipinski definition) is 8. The smallest absolute Gasteiger partial charge is 0.168 e. The summed E-state index contributed by atoms with van der Waals surface area (Å²) in [5.41, 5.74) is 1.86. The lowest BCUT2D eigenvalue weighted by molar-refractivity contribution is 0.111. The van der Waals surface area contributed by atoms with Crippen LogP contribution in [0.4, 0.5) is 0 Å². The molecule has 2 N–H and O–H groups in total. The molecular weight excluding hydrogens is 326 g/mol. The number of hydrogen-bond donors (Lipinski definition) is 4. The van der Waals surface area contributed by atoms with E-state index in [1.165, 1.54) is 19.2 Å². The molecule has 2 rings (SSSR count). The topological polar surface area (TPSA) is 88.9 Å². The molecule has 0 saturated heterocycles. The van der Waals surface area contributed by atoms with Gasteiger partial charge in [0.15, 0.2) is 6.29 Å². The van der Waals surface area contributed by atoms with Crippen molar-refractivity contribution in [2.45, 2.75) is 6.61 Å². The molecule has 0 fully saturated rings. The molecule has 0 saturated carbocycles. The Bertz CT molecular complexity index is 637. The Morgan fingerprint density at radius 1 is 1.27 bits per heavy atom. The van der Waals surface area contributed by atoms with Crippen LogP contribution in [-0.2, 0) is 10.8 Å². The summed E-state index contributed by atoms with van der Waals surface area (Å²) >= 11 is 7.02. The highest BCUT2D eigenvalue weighted by molar-refractivity contribution is 7.75. The van der Waals surface area contributed by atoms with Crippen LogP contribution in [0.5, 0.6) is 11.5 Å². The molecule has 1 heterocycles. The van der Waals surface area contributed by atoms with Crippen LogP contribution in [-0.4, -0.2) is 28.6 Å². The molecule has 1 aromatic carbocycles. The molecule has 0 aliphatic rings.